The molecule has 8 heteroatoms. The maximum Gasteiger partial charge on any atom is 0.286 e. The fraction of sp³-hybridized carbons (Fsp3) is 0.389. The molecule has 0 saturated heterocycles. The van der Waals surface area contributed by atoms with Crippen LogP contribution in [0.15, 0.2) is 40.8 Å². The normalized spacial score (nSPS) is 11.5. The van der Waals surface area contributed by atoms with E-state index in [-0.39, 0.29) is 28.9 Å². The molecule has 0 aliphatic heterocycles. The van der Waals surface area contributed by atoms with E-state index in [4.69, 9.17) is 20.8 Å². The first-order valence-corrected chi connectivity index (χ1v) is 10.5. The second-order valence-corrected chi connectivity index (χ2v) is 8.17. The number of nitrogens with one attached hydrogen (secondary N) is 1. The fourth-order valence-corrected chi connectivity index (χ4v) is 4.00. The van der Waals surface area contributed by atoms with Crippen molar-refractivity contribution in [3.8, 4) is 0 Å². The smallest absolute Gasteiger partial charge is 0.286 e. The molecule has 0 fully saturated rings. The standard InChI is InChI=1S/C18H22ClNO5S/c1-2-24-11-5-10-20-18(21)17-9-8-15(25-17)13-26(22,23)12-14-6-3-4-7-16(14)19/h3-4,6-9H,2,5,10-13H2,1H3,(H,20,21). The van der Waals surface area contributed by atoms with Gasteiger partial charge >= 0.3 is 0 Å². The van der Waals surface area contributed by atoms with E-state index in [1.165, 1.54) is 12.1 Å². The average molecular weight is 400 g/mol. The summed E-state index contributed by atoms with van der Waals surface area (Å²) in [5.41, 5.74) is 0.535. The number of carbonyl (C=O) groups excluding carboxylic acids is 1. The summed E-state index contributed by atoms with van der Waals surface area (Å²) in [7, 11) is -3.48. The summed E-state index contributed by atoms with van der Waals surface area (Å²) in [5, 5.41) is 3.11. The van der Waals surface area contributed by atoms with Gasteiger partial charge in [-0.15, -0.1) is 0 Å². The van der Waals surface area contributed by atoms with E-state index < -0.39 is 9.84 Å². The molecule has 0 aliphatic carbocycles. The van der Waals surface area contributed by atoms with Crippen molar-refractivity contribution < 1.29 is 22.4 Å². The Kier molecular flexibility index (Phi) is 7.68. The molecule has 1 amide bonds. The van der Waals surface area contributed by atoms with E-state index in [0.717, 1.165) is 0 Å². The van der Waals surface area contributed by atoms with Gasteiger partial charge in [-0.1, -0.05) is 29.8 Å². The molecule has 2 aromatic rings. The molecule has 1 N–H and O–H groups in total. The number of hydrogen-bond acceptors (Lipinski definition) is 5. The topological polar surface area (TPSA) is 85.6 Å². The zero-order valence-corrected chi connectivity index (χ0v) is 16.1. The number of halogens is 1. The maximum absolute atomic E-state index is 12.3. The highest BCUT2D eigenvalue weighted by atomic mass is 35.5. The van der Waals surface area contributed by atoms with Crippen LogP contribution in [-0.2, 0) is 26.1 Å². The predicted molar refractivity (Wildman–Crippen MR) is 99.9 cm³/mol. The first-order chi connectivity index (χ1) is 12.4. The summed E-state index contributed by atoms with van der Waals surface area (Å²) in [6.45, 7) is 3.57. The number of sulfone groups is 1. The van der Waals surface area contributed by atoms with Crippen LogP contribution >= 0.6 is 11.6 Å². The highest BCUT2D eigenvalue weighted by molar-refractivity contribution is 7.89. The van der Waals surface area contributed by atoms with E-state index in [2.05, 4.69) is 5.32 Å². The zero-order chi connectivity index (χ0) is 19.0. The van der Waals surface area contributed by atoms with Gasteiger partial charge in [0.2, 0.25) is 0 Å². The lowest BCUT2D eigenvalue weighted by Gasteiger charge is -2.05. The number of rotatable bonds is 10. The Hall–Kier alpha value is -1.83. The van der Waals surface area contributed by atoms with E-state index in [0.29, 0.717) is 36.8 Å². The number of furan rings is 1. The quantitative estimate of drug-likeness (QED) is 0.620. The van der Waals surface area contributed by atoms with E-state index in [9.17, 15) is 13.2 Å². The van der Waals surface area contributed by atoms with E-state index >= 15 is 0 Å². The van der Waals surface area contributed by atoms with Gasteiger partial charge in [-0.05, 0) is 37.1 Å². The number of hydrogen-bond donors (Lipinski definition) is 1. The van der Waals surface area contributed by atoms with Crippen molar-refractivity contribution in [1.29, 1.82) is 0 Å². The van der Waals surface area contributed by atoms with Crippen LogP contribution in [0.1, 0.15) is 35.2 Å². The molecule has 1 aromatic carbocycles. The van der Waals surface area contributed by atoms with Crippen LogP contribution in [0, 0.1) is 0 Å². The molecule has 0 atom stereocenters. The molecule has 6 nitrogen and oxygen atoms in total. The molecule has 0 saturated carbocycles. The maximum atomic E-state index is 12.3. The van der Waals surface area contributed by atoms with E-state index in [1.807, 2.05) is 6.92 Å². The lowest BCUT2D eigenvalue weighted by molar-refractivity contribution is 0.0915. The van der Waals surface area contributed by atoms with Gasteiger partial charge in [-0.3, -0.25) is 4.79 Å². The van der Waals surface area contributed by atoms with E-state index in [1.54, 1.807) is 24.3 Å². The fourth-order valence-electron chi connectivity index (χ4n) is 2.31. The lowest BCUT2D eigenvalue weighted by Crippen LogP contribution is -2.24. The monoisotopic (exact) mass is 399 g/mol. The Morgan fingerprint density at radius 3 is 2.69 bits per heavy atom. The van der Waals surface area contributed by atoms with Crippen molar-refractivity contribution in [3.63, 3.8) is 0 Å². The van der Waals surface area contributed by atoms with Crippen molar-refractivity contribution >= 4 is 27.3 Å². The van der Waals surface area contributed by atoms with Crippen LogP contribution < -0.4 is 5.32 Å². The Balaban J connectivity index is 1.90. The number of amides is 1. The largest absolute Gasteiger partial charge is 0.455 e. The minimum absolute atomic E-state index is 0.0874. The Morgan fingerprint density at radius 2 is 1.96 bits per heavy atom. The van der Waals surface area contributed by atoms with Crippen LogP contribution in [0.3, 0.4) is 0 Å². The summed E-state index contributed by atoms with van der Waals surface area (Å²) in [6.07, 6.45) is 0.694. The van der Waals surface area contributed by atoms with Crippen LogP contribution in [0.25, 0.3) is 0 Å². The molecule has 1 heterocycles. The summed E-state index contributed by atoms with van der Waals surface area (Å²) in [4.78, 5) is 12.0. The number of benzene rings is 1. The molecule has 0 spiro atoms. The molecule has 26 heavy (non-hydrogen) atoms. The average Bonchev–Trinajstić information content (AvgIpc) is 3.04. The number of carbonyl (C=O) groups is 1. The van der Waals surface area contributed by atoms with Crippen LogP contribution in [-0.4, -0.2) is 34.1 Å². The van der Waals surface area contributed by atoms with Gasteiger partial charge in [0, 0.05) is 24.8 Å². The molecular weight excluding hydrogens is 378 g/mol. The minimum Gasteiger partial charge on any atom is -0.455 e. The van der Waals surface area contributed by atoms with Gasteiger partial charge in [-0.25, -0.2) is 8.42 Å². The van der Waals surface area contributed by atoms with Gasteiger partial charge in [-0.2, -0.15) is 0 Å². The molecule has 1 aromatic heterocycles. The van der Waals surface area contributed by atoms with Crippen molar-refractivity contribution in [2.45, 2.75) is 24.9 Å². The zero-order valence-electron chi connectivity index (χ0n) is 14.5. The van der Waals surface area contributed by atoms with Crippen molar-refractivity contribution in [2.75, 3.05) is 19.8 Å². The molecule has 0 unspecified atom stereocenters. The highest BCUT2D eigenvalue weighted by Crippen LogP contribution is 2.20. The first kappa shape index (κ1) is 20.5. The molecule has 0 aliphatic rings. The molecular formula is C18H22ClNO5S. The van der Waals surface area contributed by atoms with Crippen LogP contribution in [0.4, 0.5) is 0 Å². The predicted octanol–water partition coefficient (Wildman–Crippen LogP) is 3.20. The Labute approximate surface area is 158 Å². The Morgan fingerprint density at radius 1 is 1.19 bits per heavy atom. The lowest BCUT2D eigenvalue weighted by atomic mass is 10.2. The molecule has 0 bridgehead atoms. The third-order valence-electron chi connectivity index (χ3n) is 3.54. The van der Waals surface area contributed by atoms with Crippen molar-refractivity contribution in [3.05, 3.63) is 58.5 Å². The second-order valence-electron chi connectivity index (χ2n) is 5.70. The van der Waals surface area contributed by atoms with Crippen LogP contribution in [0.5, 0.6) is 0 Å². The molecule has 0 radical (unpaired) electrons. The second kappa shape index (κ2) is 9.75. The van der Waals surface area contributed by atoms with Crippen molar-refractivity contribution in [2.24, 2.45) is 0 Å². The third-order valence-corrected chi connectivity index (χ3v) is 5.38. The summed E-state index contributed by atoms with van der Waals surface area (Å²) < 4.78 is 35.2. The van der Waals surface area contributed by atoms with Crippen LogP contribution in [0.2, 0.25) is 5.02 Å². The summed E-state index contributed by atoms with van der Waals surface area (Å²) in [6, 6.07) is 9.76. The van der Waals surface area contributed by atoms with Gasteiger partial charge in [0.05, 0.1) is 5.75 Å². The van der Waals surface area contributed by atoms with Crippen molar-refractivity contribution in [1.82, 2.24) is 5.32 Å². The molecule has 142 valence electrons. The summed E-state index contributed by atoms with van der Waals surface area (Å²) in [5.74, 6) is -0.556. The third kappa shape index (κ3) is 6.48. The Bertz CT molecular complexity index is 832. The van der Waals surface area contributed by atoms with Gasteiger partial charge in [0.1, 0.15) is 11.5 Å². The highest BCUT2D eigenvalue weighted by Gasteiger charge is 2.19. The van der Waals surface area contributed by atoms with Gasteiger partial charge < -0.3 is 14.5 Å². The van der Waals surface area contributed by atoms with Gasteiger partial charge in [0.15, 0.2) is 15.6 Å². The molecule has 2 rings (SSSR count). The van der Waals surface area contributed by atoms with Gasteiger partial charge in [0.25, 0.3) is 5.91 Å². The first-order valence-electron chi connectivity index (χ1n) is 8.30. The minimum atomic E-state index is -3.48. The number of ether oxygens (including phenoxy) is 1. The SMILES string of the molecule is CCOCCCNC(=O)c1ccc(CS(=O)(=O)Cc2ccccc2Cl)o1. The summed E-state index contributed by atoms with van der Waals surface area (Å²) >= 11 is 6.01.